The first kappa shape index (κ1) is 17.5. The average Bonchev–Trinajstić information content (AvgIpc) is 2.94. The fraction of sp³-hybridized carbons (Fsp3) is 0.350. The molecule has 3 amide bonds. The molecule has 0 aliphatic carbocycles. The summed E-state index contributed by atoms with van der Waals surface area (Å²) in [6.45, 7) is 5.25. The van der Waals surface area contributed by atoms with Crippen LogP contribution in [0.2, 0.25) is 0 Å². The maximum atomic E-state index is 13.0. The third-order valence-electron chi connectivity index (χ3n) is 5.31. The molecule has 7 nitrogen and oxygen atoms in total. The second-order valence-corrected chi connectivity index (χ2v) is 7.09. The normalized spacial score (nSPS) is 23.6. The number of nitrogens with zero attached hydrogens (tertiary/aromatic N) is 4. The van der Waals surface area contributed by atoms with Crippen molar-refractivity contribution in [2.45, 2.75) is 12.5 Å². The van der Waals surface area contributed by atoms with Gasteiger partial charge in [-0.15, -0.1) is 0 Å². The fourth-order valence-electron chi connectivity index (χ4n) is 3.65. The molecule has 2 aromatic rings. The van der Waals surface area contributed by atoms with Gasteiger partial charge in [0, 0.05) is 32.4 Å². The summed E-state index contributed by atoms with van der Waals surface area (Å²) < 4.78 is 0. The van der Waals surface area contributed by atoms with Crippen molar-refractivity contribution in [2.75, 3.05) is 37.7 Å². The lowest BCUT2D eigenvalue weighted by molar-refractivity contribution is -0.132. The van der Waals surface area contributed by atoms with Crippen LogP contribution >= 0.6 is 0 Å². The molecular weight excluding hydrogens is 342 g/mol. The van der Waals surface area contributed by atoms with E-state index in [9.17, 15) is 9.59 Å². The Morgan fingerprint density at radius 3 is 2.37 bits per heavy atom. The molecule has 3 heterocycles. The van der Waals surface area contributed by atoms with Gasteiger partial charge in [-0.05, 0) is 24.6 Å². The van der Waals surface area contributed by atoms with E-state index in [2.05, 4.69) is 20.1 Å². The summed E-state index contributed by atoms with van der Waals surface area (Å²) in [4.78, 5) is 35.5. The van der Waals surface area contributed by atoms with Crippen LogP contribution in [0.15, 0.2) is 54.7 Å². The van der Waals surface area contributed by atoms with Crippen LogP contribution in [0.25, 0.3) is 0 Å². The average molecular weight is 365 g/mol. The van der Waals surface area contributed by atoms with Gasteiger partial charge < -0.3 is 10.2 Å². The van der Waals surface area contributed by atoms with Gasteiger partial charge in [0.2, 0.25) is 0 Å². The molecule has 1 aromatic carbocycles. The van der Waals surface area contributed by atoms with Crippen LogP contribution in [0.5, 0.6) is 0 Å². The highest BCUT2D eigenvalue weighted by Crippen LogP contribution is 2.28. The van der Waals surface area contributed by atoms with Crippen LogP contribution in [-0.4, -0.2) is 59.6 Å². The Balaban J connectivity index is 1.40. The quantitative estimate of drug-likeness (QED) is 0.834. The number of aromatic nitrogens is 1. The van der Waals surface area contributed by atoms with Gasteiger partial charge in [-0.2, -0.15) is 0 Å². The zero-order valence-corrected chi connectivity index (χ0v) is 15.3. The number of pyridine rings is 1. The second kappa shape index (κ2) is 7.00. The molecule has 140 valence electrons. The number of urea groups is 1. The zero-order chi connectivity index (χ0) is 18.9. The van der Waals surface area contributed by atoms with Gasteiger partial charge in [0.1, 0.15) is 11.4 Å². The summed E-state index contributed by atoms with van der Waals surface area (Å²) >= 11 is 0. The van der Waals surface area contributed by atoms with E-state index in [1.165, 1.54) is 4.90 Å². The predicted octanol–water partition coefficient (Wildman–Crippen LogP) is 1.63. The number of carbonyl (C=O) groups excluding carboxylic acids is 2. The first-order valence-electron chi connectivity index (χ1n) is 9.16. The Morgan fingerprint density at radius 2 is 1.70 bits per heavy atom. The summed E-state index contributed by atoms with van der Waals surface area (Å²) in [6, 6.07) is 14.9. The summed E-state index contributed by atoms with van der Waals surface area (Å²) in [5.74, 6) is 0.759. The zero-order valence-electron chi connectivity index (χ0n) is 15.3. The fourth-order valence-corrected chi connectivity index (χ4v) is 3.65. The number of imide groups is 1. The molecule has 0 unspecified atom stereocenters. The first-order chi connectivity index (χ1) is 13.1. The molecule has 0 bridgehead atoms. The van der Waals surface area contributed by atoms with Gasteiger partial charge >= 0.3 is 6.03 Å². The highest BCUT2D eigenvalue weighted by atomic mass is 16.2. The molecule has 27 heavy (non-hydrogen) atoms. The van der Waals surface area contributed by atoms with Crippen molar-refractivity contribution < 1.29 is 9.59 Å². The van der Waals surface area contributed by atoms with Crippen LogP contribution in [0.4, 0.5) is 10.6 Å². The van der Waals surface area contributed by atoms with Crippen LogP contribution in [0.1, 0.15) is 12.5 Å². The second-order valence-electron chi connectivity index (χ2n) is 7.09. The molecule has 7 heteroatoms. The number of anilines is 1. The van der Waals surface area contributed by atoms with E-state index < -0.39 is 5.54 Å². The maximum absolute atomic E-state index is 13.0. The number of hydrogen-bond acceptors (Lipinski definition) is 5. The molecule has 2 saturated heterocycles. The minimum Gasteiger partial charge on any atom is -0.354 e. The lowest BCUT2D eigenvalue weighted by atomic mass is 9.92. The van der Waals surface area contributed by atoms with E-state index >= 15 is 0 Å². The minimum atomic E-state index is -1.01. The lowest BCUT2D eigenvalue weighted by Crippen LogP contribution is -2.51. The largest absolute Gasteiger partial charge is 0.354 e. The van der Waals surface area contributed by atoms with Crippen LogP contribution < -0.4 is 10.2 Å². The molecule has 2 aliphatic rings. The van der Waals surface area contributed by atoms with Gasteiger partial charge in [-0.25, -0.2) is 14.7 Å². The van der Waals surface area contributed by atoms with Crippen LogP contribution in [-0.2, 0) is 10.3 Å². The van der Waals surface area contributed by atoms with Crippen molar-refractivity contribution in [2.24, 2.45) is 0 Å². The van der Waals surface area contributed by atoms with Crippen molar-refractivity contribution in [3.05, 3.63) is 60.3 Å². The number of hydrogen-bond donors (Lipinski definition) is 1. The van der Waals surface area contributed by atoms with Gasteiger partial charge in [-0.3, -0.25) is 9.69 Å². The van der Waals surface area contributed by atoms with Gasteiger partial charge in [0.15, 0.2) is 0 Å². The van der Waals surface area contributed by atoms with Crippen LogP contribution in [0, 0.1) is 0 Å². The SMILES string of the molecule is C[C@@]1(c2ccccc2)NC(=O)N(CN2CCN(c3ccccn3)CC2)C1=O. The molecule has 2 fully saturated rings. The molecule has 0 spiro atoms. The van der Waals surface area contributed by atoms with Gasteiger partial charge in [0.05, 0.1) is 6.67 Å². The summed E-state index contributed by atoms with van der Waals surface area (Å²) in [5.41, 5.74) is -0.209. The number of rotatable bonds is 4. The Morgan fingerprint density at radius 1 is 1.00 bits per heavy atom. The lowest BCUT2D eigenvalue weighted by Gasteiger charge is -2.36. The van der Waals surface area contributed by atoms with Crippen molar-refractivity contribution >= 4 is 17.8 Å². The number of carbonyl (C=O) groups is 2. The van der Waals surface area contributed by atoms with Crippen molar-refractivity contribution in [3.63, 3.8) is 0 Å². The van der Waals surface area contributed by atoms with Crippen molar-refractivity contribution in [3.8, 4) is 0 Å². The monoisotopic (exact) mass is 365 g/mol. The smallest absolute Gasteiger partial charge is 0.326 e. The minimum absolute atomic E-state index is 0.203. The molecule has 0 radical (unpaired) electrons. The number of amides is 3. The Bertz CT molecular complexity index is 821. The summed E-state index contributed by atoms with van der Waals surface area (Å²) in [5, 5.41) is 2.86. The number of piperazine rings is 1. The van der Waals surface area contributed by atoms with E-state index in [-0.39, 0.29) is 11.9 Å². The van der Waals surface area contributed by atoms with Gasteiger partial charge in [0.25, 0.3) is 5.91 Å². The Hall–Kier alpha value is -2.93. The third kappa shape index (κ3) is 3.26. The number of nitrogens with one attached hydrogen (secondary N) is 1. The molecule has 1 aromatic heterocycles. The van der Waals surface area contributed by atoms with Crippen molar-refractivity contribution in [1.82, 2.24) is 20.1 Å². The summed E-state index contributed by atoms with van der Waals surface area (Å²) in [7, 11) is 0. The van der Waals surface area contributed by atoms with Crippen molar-refractivity contribution in [1.29, 1.82) is 0 Å². The highest BCUT2D eigenvalue weighted by Gasteiger charge is 2.49. The Kier molecular flexibility index (Phi) is 4.53. The van der Waals surface area contributed by atoms with E-state index in [1.807, 2.05) is 48.5 Å². The van der Waals surface area contributed by atoms with E-state index in [1.54, 1.807) is 13.1 Å². The molecular formula is C20H23N5O2. The molecule has 0 saturated carbocycles. The van der Waals surface area contributed by atoms with E-state index in [0.29, 0.717) is 6.67 Å². The molecule has 2 aliphatic heterocycles. The van der Waals surface area contributed by atoms with Crippen LogP contribution in [0.3, 0.4) is 0 Å². The molecule has 1 atom stereocenters. The molecule has 1 N–H and O–H groups in total. The predicted molar refractivity (Wildman–Crippen MR) is 102 cm³/mol. The summed E-state index contributed by atoms with van der Waals surface area (Å²) in [6.07, 6.45) is 1.79. The standard InChI is InChI=1S/C20H23N5O2/c1-20(16-7-3-2-4-8-16)18(26)25(19(27)22-20)15-23-11-13-24(14-12-23)17-9-5-6-10-21-17/h2-10H,11-15H2,1H3,(H,22,27)/t20-/m0/s1. The van der Waals surface area contributed by atoms with Gasteiger partial charge in [-0.1, -0.05) is 36.4 Å². The Labute approximate surface area is 158 Å². The topological polar surface area (TPSA) is 68.8 Å². The van der Waals surface area contributed by atoms with E-state index in [0.717, 1.165) is 37.6 Å². The first-order valence-corrected chi connectivity index (χ1v) is 9.16. The highest BCUT2D eigenvalue weighted by molar-refractivity contribution is 6.07. The number of benzene rings is 1. The third-order valence-corrected chi connectivity index (χ3v) is 5.31. The maximum Gasteiger partial charge on any atom is 0.326 e. The van der Waals surface area contributed by atoms with E-state index in [4.69, 9.17) is 0 Å². The molecule has 4 rings (SSSR count).